The van der Waals surface area contributed by atoms with Crippen LogP contribution in [0, 0.1) is 5.41 Å². The van der Waals surface area contributed by atoms with E-state index in [2.05, 4.69) is 0 Å². The average Bonchev–Trinajstić information content (AvgIpc) is 3.07. The number of aromatic nitrogens is 1. The molecule has 2 heterocycles. The second-order valence-corrected chi connectivity index (χ2v) is 7.88. The number of rotatable bonds is 3. The van der Waals surface area contributed by atoms with Crippen molar-refractivity contribution in [3.05, 3.63) is 65.3 Å². The van der Waals surface area contributed by atoms with Gasteiger partial charge in [0.05, 0.1) is 11.3 Å². The maximum atomic E-state index is 13.2. The lowest BCUT2D eigenvalue weighted by atomic mass is 9.86. The fraction of sp³-hybridized carbons (Fsp3) is 0.182. The van der Waals surface area contributed by atoms with Crippen LogP contribution in [0.4, 0.5) is 4.79 Å². The van der Waals surface area contributed by atoms with Gasteiger partial charge in [0.25, 0.3) is 0 Å². The highest BCUT2D eigenvalue weighted by Crippen LogP contribution is 2.50. The van der Waals surface area contributed by atoms with Crippen molar-refractivity contribution in [2.45, 2.75) is 20.4 Å². The minimum atomic E-state index is -1.42. The Morgan fingerprint density at radius 3 is 2.25 bits per heavy atom. The van der Waals surface area contributed by atoms with Gasteiger partial charge in [-0.15, -0.1) is 0 Å². The maximum Gasteiger partial charge on any atom is 0.512 e. The van der Waals surface area contributed by atoms with Gasteiger partial charge >= 0.3 is 6.16 Å². The van der Waals surface area contributed by atoms with E-state index in [4.69, 9.17) is 16.3 Å². The van der Waals surface area contributed by atoms with E-state index in [1.54, 1.807) is 28.8 Å². The molecule has 0 aliphatic carbocycles. The number of hydrogen-bond donors (Lipinski definition) is 1. The van der Waals surface area contributed by atoms with Crippen molar-refractivity contribution in [2.24, 2.45) is 5.41 Å². The highest BCUT2D eigenvalue weighted by Gasteiger charge is 2.44. The monoisotopic (exact) mass is 395 g/mol. The summed E-state index contributed by atoms with van der Waals surface area (Å²) in [6, 6.07) is 16.5. The second kappa shape index (κ2) is 6.53. The van der Waals surface area contributed by atoms with Gasteiger partial charge in [-0.2, -0.15) is 0 Å². The number of ketones is 1. The average molecular weight is 396 g/mol. The molecule has 1 aromatic heterocycles. The first-order valence-electron chi connectivity index (χ1n) is 8.83. The van der Waals surface area contributed by atoms with Crippen molar-refractivity contribution in [3.63, 3.8) is 0 Å². The summed E-state index contributed by atoms with van der Waals surface area (Å²) in [5.74, 6) is 0.115. The standard InChI is InChI=1S/C22H18ClNO4/c1-22(2)12-24-18(19(22)25)16(13-6-4-3-5-7-13)17(20(24)28-21(26)27)14-8-10-15(23)11-9-14/h3-11H,12H2,1-2H3,(H,26,27). The lowest BCUT2D eigenvalue weighted by Crippen LogP contribution is -2.20. The van der Waals surface area contributed by atoms with Gasteiger partial charge < -0.3 is 14.4 Å². The van der Waals surface area contributed by atoms with E-state index in [1.165, 1.54) is 0 Å². The topological polar surface area (TPSA) is 68.5 Å². The van der Waals surface area contributed by atoms with Gasteiger partial charge in [0.1, 0.15) is 0 Å². The molecule has 1 aliphatic heterocycles. The minimum Gasteiger partial charge on any atom is -0.449 e. The van der Waals surface area contributed by atoms with Crippen LogP contribution in [0.1, 0.15) is 24.3 Å². The summed E-state index contributed by atoms with van der Waals surface area (Å²) >= 11 is 6.03. The lowest BCUT2D eigenvalue weighted by Gasteiger charge is -2.17. The number of nitrogens with zero attached hydrogens (tertiary/aromatic N) is 1. The molecular weight excluding hydrogens is 378 g/mol. The summed E-state index contributed by atoms with van der Waals surface area (Å²) in [5, 5.41) is 9.91. The number of carbonyl (C=O) groups is 2. The van der Waals surface area contributed by atoms with Gasteiger partial charge in [-0.05, 0) is 23.3 Å². The van der Waals surface area contributed by atoms with Crippen LogP contribution in [-0.2, 0) is 6.54 Å². The van der Waals surface area contributed by atoms with Crippen LogP contribution < -0.4 is 4.74 Å². The van der Waals surface area contributed by atoms with Gasteiger partial charge in [0.2, 0.25) is 5.88 Å². The van der Waals surface area contributed by atoms with Gasteiger partial charge in [-0.25, -0.2) is 4.79 Å². The summed E-state index contributed by atoms with van der Waals surface area (Å²) in [4.78, 5) is 24.7. The normalized spacial score (nSPS) is 14.8. The quantitative estimate of drug-likeness (QED) is 0.573. The Morgan fingerprint density at radius 2 is 1.64 bits per heavy atom. The van der Waals surface area contributed by atoms with Crippen molar-refractivity contribution in [2.75, 3.05) is 0 Å². The molecule has 0 spiro atoms. The maximum absolute atomic E-state index is 13.2. The summed E-state index contributed by atoms with van der Waals surface area (Å²) < 4.78 is 6.89. The third-order valence-electron chi connectivity index (χ3n) is 4.98. The molecule has 1 aliphatic rings. The Labute approximate surface area is 167 Å². The molecule has 5 nitrogen and oxygen atoms in total. The fourth-order valence-electron chi connectivity index (χ4n) is 3.73. The molecule has 4 rings (SSSR count). The van der Waals surface area contributed by atoms with Gasteiger partial charge in [0.15, 0.2) is 5.78 Å². The number of carboxylic acid groups (broad SMARTS) is 1. The zero-order chi connectivity index (χ0) is 20.1. The molecule has 6 heteroatoms. The molecule has 0 fully saturated rings. The van der Waals surface area contributed by atoms with Crippen molar-refractivity contribution in [3.8, 4) is 28.1 Å². The predicted octanol–water partition coefficient (Wildman–Crippen LogP) is 5.75. The second-order valence-electron chi connectivity index (χ2n) is 7.44. The van der Waals surface area contributed by atoms with Crippen LogP contribution in [0.25, 0.3) is 22.3 Å². The van der Waals surface area contributed by atoms with Crippen molar-refractivity contribution < 1.29 is 19.4 Å². The van der Waals surface area contributed by atoms with E-state index in [0.717, 1.165) is 11.1 Å². The number of Topliss-reactive ketones (excluding diaryl/α,β-unsaturated/α-hetero) is 1. The molecule has 0 unspecified atom stereocenters. The molecule has 0 atom stereocenters. The van der Waals surface area contributed by atoms with Crippen LogP contribution in [0.3, 0.4) is 0 Å². The molecule has 2 aromatic carbocycles. The van der Waals surface area contributed by atoms with Crippen LogP contribution in [0.2, 0.25) is 5.02 Å². The van der Waals surface area contributed by atoms with Gasteiger partial charge in [-0.3, -0.25) is 4.79 Å². The molecule has 0 radical (unpaired) electrons. The van der Waals surface area contributed by atoms with Gasteiger partial charge in [-0.1, -0.05) is 67.9 Å². The molecular formula is C22H18ClNO4. The van der Waals surface area contributed by atoms with E-state index in [1.807, 2.05) is 44.2 Å². The van der Waals surface area contributed by atoms with Crippen LogP contribution >= 0.6 is 11.6 Å². The number of hydrogen-bond acceptors (Lipinski definition) is 3. The summed E-state index contributed by atoms with van der Waals surface area (Å²) in [5.41, 5.74) is 2.62. The largest absolute Gasteiger partial charge is 0.512 e. The van der Waals surface area contributed by atoms with E-state index < -0.39 is 11.6 Å². The Balaban J connectivity index is 2.09. The van der Waals surface area contributed by atoms with Crippen LogP contribution in [0.5, 0.6) is 5.88 Å². The summed E-state index contributed by atoms with van der Waals surface area (Å²) in [7, 11) is 0. The van der Waals surface area contributed by atoms with E-state index >= 15 is 0 Å². The molecule has 0 bridgehead atoms. The number of benzene rings is 2. The predicted molar refractivity (Wildman–Crippen MR) is 107 cm³/mol. The minimum absolute atomic E-state index is 0.0400. The summed E-state index contributed by atoms with van der Waals surface area (Å²) in [6.45, 7) is 4.05. The molecule has 0 saturated heterocycles. The van der Waals surface area contributed by atoms with Crippen molar-refractivity contribution in [1.82, 2.24) is 4.57 Å². The SMILES string of the molecule is CC1(C)Cn2c(OC(=O)O)c(-c3ccc(Cl)cc3)c(-c3ccccc3)c2C1=O. The third-order valence-corrected chi connectivity index (χ3v) is 5.23. The Morgan fingerprint density at radius 1 is 1.04 bits per heavy atom. The molecule has 1 N–H and O–H groups in total. The first kappa shape index (κ1) is 18.3. The number of fused-ring (bicyclic) bond motifs is 1. The smallest absolute Gasteiger partial charge is 0.449 e. The number of halogens is 1. The Bertz CT molecular complexity index is 1080. The zero-order valence-electron chi connectivity index (χ0n) is 15.4. The van der Waals surface area contributed by atoms with Crippen molar-refractivity contribution >= 4 is 23.5 Å². The van der Waals surface area contributed by atoms with Crippen LogP contribution in [-0.4, -0.2) is 21.6 Å². The fourth-order valence-corrected chi connectivity index (χ4v) is 3.86. The van der Waals surface area contributed by atoms with Gasteiger partial charge in [0, 0.05) is 22.5 Å². The first-order chi connectivity index (χ1) is 13.3. The highest BCUT2D eigenvalue weighted by atomic mass is 35.5. The molecule has 142 valence electrons. The van der Waals surface area contributed by atoms with Crippen molar-refractivity contribution in [1.29, 1.82) is 0 Å². The summed E-state index contributed by atoms with van der Waals surface area (Å²) in [6.07, 6.45) is -1.42. The number of ether oxygens (including phenoxy) is 1. The number of carbonyl (C=O) groups excluding carboxylic acids is 1. The van der Waals surface area contributed by atoms with E-state index in [9.17, 15) is 14.7 Å². The molecule has 0 saturated carbocycles. The first-order valence-corrected chi connectivity index (χ1v) is 9.21. The zero-order valence-corrected chi connectivity index (χ0v) is 16.2. The molecule has 28 heavy (non-hydrogen) atoms. The molecule has 3 aromatic rings. The van der Waals surface area contributed by atoms with Crippen LogP contribution in [0.15, 0.2) is 54.6 Å². The molecule has 0 amide bonds. The Hall–Kier alpha value is -3.05. The van der Waals surface area contributed by atoms with E-state index in [0.29, 0.717) is 28.4 Å². The Kier molecular flexibility index (Phi) is 4.27. The third kappa shape index (κ3) is 2.88. The lowest BCUT2D eigenvalue weighted by molar-refractivity contribution is 0.0861. The van der Waals surface area contributed by atoms with E-state index in [-0.39, 0.29) is 11.7 Å². The highest BCUT2D eigenvalue weighted by molar-refractivity contribution is 6.30.